The van der Waals surface area contributed by atoms with Crippen molar-refractivity contribution in [1.82, 2.24) is 10.3 Å². The van der Waals surface area contributed by atoms with Crippen LogP contribution < -0.4 is 10.1 Å². The molecule has 0 aliphatic heterocycles. The van der Waals surface area contributed by atoms with E-state index in [4.69, 9.17) is 4.74 Å². The van der Waals surface area contributed by atoms with E-state index in [-0.39, 0.29) is 5.97 Å². The van der Waals surface area contributed by atoms with Gasteiger partial charge in [-0.05, 0) is 29.3 Å². The zero-order valence-corrected chi connectivity index (χ0v) is 12.1. The average Bonchev–Trinajstić information content (AvgIpc) is 2.55. The molecule has 5 nitrogen and oxygen atoms in total. The lowest BCUT2D eigenvalue weighted by molar-refractivity contribution is 0.0600. The van der Waals surface area contributed by atoms with Crippen molar-refractivity contribution in [3.63, 3.8) is 0 Å². The highest BCUT2D eigenvalue weighted by Gasteiger charge is 2.04. The maximum Gasteiger partial charge on any atom is 0.337 e. The predicted molar refractivity (Wildman–Crippen MR) is 79.1 cm³/mol. The second-order valence-electron chi connectivity index (χ2n) is 4.50. The number of esters is 1. The van der Waals surface area contributed by atoms with Crippen molar-refractivity contribution in [2.45, 2.75) is 13.1 Å². The first-order valence-corrected chi connectivity index (χ1v) is 6.60. The van der Waals surface area contributed by atoms with E-state index < -0.39 is 0 Å². The van der Waals surface area contributed by atoms with Crippen LogP contribution in [0.3, 0.4) is 0 Å². The van der Waals surface area contributed by atoms with E-state index in [2.05, 4.69) is 15.0 Å². The van der Waals surface area contributed by atoms with Gasteiger partial charge >= 0.3 is 5.97 Å². The van der Waals surface area contributed by atoms with Crippen molar-refractivity contribution in [3.05, 3.63) is 59.3 Å². The Morgan fingerprint density at radius 1 is 1.10 bits per heavy atom. The first-order valence-electron chi connectivity index (χ1n) is 6.60. The van der Waals surface area contributed by atoms with E-state index in [9.17, 15) is 4.79 Å². The molecule has 0 bridgehead atoms. The van der Waals surface area contributed by atoms with E-state index in [0.29, 0.717) is 18.0 Å². The molecule has 2 aromatic rings. The summed E-state index contributed by atoms with van der Waals surface area (Å²) in [6, 6.07) is 11.2. The van der Waals surface area contributed by atoms with Crippen LogP contribution in [0.15, 0.2) is 42.6 Å². The molecule has 0 radical (unpaired) electrons. The number of carbonyl (C=O) groups excluding carboxylic acids is 1. The molecule has 1 N–H and O–H groups in total. The molecule has 0 saturated carbocycles. The summed E-state index contributed by atoms with van der Waals surface area (Å²) in [4.78, 5) is 15.4. The van der Waals surface area contributed by atoms with Gasteiger partial charge in [-0.1, -0.05) is 12.1 Å². The van der Waals surface area contributed by atoms with Gasteiger partial charge in [0, 0.05) is 25.4 Å². The van der Waals surface area contributed by atoms with Crippen LogP contribution in [0, 0.1) is 0 Å². The summed E-state index contributed by atoms with van der Waals surface area (Å²) in [5.74, 6) is 0.287. The van der Waals surface area contributed by atoms with Gasteiger partial charge in [0.1, 0.15) is 0 Å². The molecule has 110 valence electrons. The van der Waals surface area contributed by atoms with Crippen LogP contribution in [-0.2, 0) is 17.8 Å². The minimum atomic E-state index is -0.321. The Balaban J connectivity index is 1.87. The molecule has 0 saturated heterocycles. The number of nitrogens with one attached hydrogen (secondary N) is 1. The molecular weight excluding hydrogens is 268 g/mol. The number of aromatic nitrogens is 1. The smallest absolute Gasteiger partial charge is 0.337 e. The molecule has 0 atom stereocenters. The van der Waals surface area contributed by atoms with E-state index >= 15 is 0 Å². The Labute approximate surface area is 123 Å². The van der Waals surface area contributed by atoms with Gasteiger partial charge in [-0.2, -0.15) is 0 Å². The average molecular weight is 286 g/mol. The van der Waals surface area contributed by atoms with Crippen LogP contribution in [0.5, 0.6) is 5.88 Å². The van der Waals surface area contributed by atoms with Gasteiger partial charge in [-0.3, -0.25) is 0 Å². The number of ether oxygens (including phenoxy) is 2. The predicted octanol–water partition coefficient (Wildman–Crippen LogP) is 2.17. The van der Waals surface area contributed by atoms with Gasteiger partial charge in [0.25, 0.3) is 0 Å². The molecule has 21 heavy (non-hydrogen) atoms. The van der Waals surface area contributed by atoms with Crippen molar-refractivity contribution in [1.29, 1.82) is 0 Å². The van der Waals surface area contributed by atoms with Crippen molar-refractivity contribution >= 4 is 5.97 Å². The molecule has 1 aromatic carbocycles. The summed E-state index contributed by atoms with van der Waals surface area (Å²) in [6.07, 6.45) is 1.72. The third kappa shape index (κ3) is 4.29. The summed E-state index contributed by atoms with van der Waals surface area (Å²) in [5, 5.41) is 3.33. The maximum absolute atomic E-state index is 11.3. The fraction of sp³-hybridized carbons (Fsp3) is 0.250. The Morgan fingerprint density at radius 2 is 1.81 bits per heavy atom. The zero-order chi connectivity index (χ0) is 15.1. The minimum Gasteiger partial charge on any atom is -0.481 e. The standard InChI is InChI=1S/C16H18N2O3/c1-20-15-9-13(7-8-18-15)11-17-10-12-3-5-14(6-4-12)16(19)21-2/h3-9,17H,10-11H2,1-2H3. The molecule has 1 heterocycles. The van der Waals surface area contributed by atoms with Gasteiger partial charge in [0.05, 0.1) is 19.8 Å². The molecule has 0 fully saturated rings. The minimum absolute atomic E-state index is 0.321. The normalized spacial score (nSPS) is 10.2. The summed E-state index contributed by atoms with van der Waals surface area (Å²) in [5.41, 5.74) is 2.76. The number of pyridine rings is 1. The SMILES string of the molecule is COC(=O)c1ccc(CNCc2ccnc(OC)c2)cc1. The summed E-state index contributed by atoms with van der Waals surface area (Å²) >= 11 is 0. The van der Waals surface area contributed by atoms with Crippen LogP contribution in [0.4, 0.5) is 0 Å². The van der Waals surface area contributed by atoms with E-state index in [1.54, 1.807) is 25.4 Å². The van der Waals surface area contributed by atoms with Crippen LogP contribution in [-0.4, -0.2) is 25.2 Å². The Bertz CT molecular complexity index is 597. The lowest BCUT2D eigenvalue weighted by Gasteiger charge is -2.07. The Hall–Kier alpha value is -2.40. The first kappa shape index (κ1) is 15.0. The quantitative estimate of drug-likeness (QED) is 0.825. The van der Waals surface area contributed by atoms with Gasteiger partial charge in [0.2, 0.25) is 5.88 Å². The van der Waals surface area contributed by atoms with Crippen molar-refractivity contribution in [2.24, 2.45) is 0 Å². The monoisotopic (exact) mass is 286 g/mol. The number of methoxy groups -OCH3 is 2. The Kier molecular flexibility index (Phi) is 5.29. The largest absolute Gasteiger partial charge is 0.481 e. The third-order valence-corrected chi connectivity index (χ3v) is 3.04. The van der Waals surface area contributed by atoms with Gasteiger partial charge < -0.3 is 14.8 Å². The Morgan fingerprint density at radius 3 is 2.48 bits per heavy atom. The molecule has 2 rings (SSSR count). The van der Waals surface area contributed by atoms with Crippen LogP contribution >= 0.6 is 0 Å². The highest BCUT2D eigenvalue weighted by atomic mass is 16.5. The number of hydrogen-bond donors (Lipinski definition) is 1. The summed E-state index contributed by atoms with van der Waals surface area (Å²) in [6.45, 7) is 1.43. The number of benzene rings is 1. The van der Waals surface area contributed by atoms with Gasteiger partial charge in [-0.25, -0.2) is 9.78 Å². The van der Waals surface area contributed by atoms with Crippen LogP contribution in [0.2, 0.25) is 0 Å². The van der Waals surface area contributed by atoms with Gasteiger partial charge in [-0.15, -0.1) is 0 Å². The summed E-state index contributed by atoms with van der Waals surface area (Å²) in [7, 11) is 2.98. The zero-order valence-electron chi connectivity index (χ0n) is 12.1. The molecular formula is C16H18N2O3. The molecule has 1 aromatic heterocycles. The van der Waals surface area contributed by atoms with E-state index in [1.807, 2.05) is 24.3 Å². The number of hydrogen-bond acceptors (Lipinski definition) is 5. The summed E-state index contributed by atoms with van der Waals surface area (Å²) < 4.78 is 9.75. The van der Waals surface area contributed by atoms with Crippen molar-refractivity contribution < 1.29 is 14.3 Å². The van der Waals surface area contributed by atoms with Crippen LogP contribution in [0.25, 0.3) is 0 Å². The van der Waals surface area contributed by atoms with Crippen molar-refractivity contribution in [3.8, 4) is 5.88 Å². The van der Waals surface area contributed by atoms with Gasteiger partial charge in [0.15, 0.2) is 0 Å². The number of nitrogens with zero attached hydrogens (tertiary/aromatic N) is 1. The molecule has 5 heteroatoms. The number of carbonyl (C=O) groups is 1. The van der Waals surface area contributed by atoms with E-state index in [0.717, 1.165) is 17.7 Å². The van der Waals surface area contributed by atoms with E-state index in [1.165, 1.54) is 7.11 Å². The highest BCUT2D eigenvalue weighted by molar-refractivity contribution is 5.89. The lowest BCUT2D eigenvalue weighted by Crippen LogP contribution is -2.13. The second kappa shape index (κ2) is 7.40. The van der Waals surface area contributed by atoms with Crippen molar-refractivity contribution in [2.75, 3.05) is 14.2 Å². The second-order valence-corrected chi connectivity index (χ2v) is 4.50. The molecule has 0 aliphatic carbocycles. The molecule has 0 unspecified atom stereocenters. The molecule has 0 spiro atoms. The maximum atomic E-state index is 11.3. The lowest BCUT2D eigenvalue weighted by atomic mass is 10.1. The number of rotatable bonds is 6. The topological polar surface area (TPSA) is 60.5 Å². The molecule has 0 aliphatic rings. The molecule has 0 amide bonds. The van der Waals surface area contributed by atoms with Crippen LogP contribution in [0.1, 0.15) is 21.5 Å². The highest BCUT2D eigenvalue weighted by Crippen LogP contribution is 2.09. The third-order valence-electron chi connectivity index (χ3n) is 3.04. The fourth-order valence-electron chi connectivity index (χ4n) is 1.90. The fourth-order valence-corrected chi connectivity index (χ4v) is 1.90. The first-order chi connectivity index (χ1) is 10.2.